The molecule has 1 aromatic heterocycles. The number of anilines is 2. The van der Waals surface area contributed by atoms with Gasteiger partial charge in [-0.2, -0.15) is 0 Å². The van der Waals surface area contributed by atoms with Crippen LogP contribution in [-0.2, 0) is 4.74 Å². The summed E-state index contributed by atoms with van der Waals surface area (Å²) in [6, 6.07) is 7.65. The Morgan fingerprint density at radius 1 is 1.26 bits per heavy atom. The summed E-state index contributed by atoms with van der Waals surface area (Å²) in [5, 5.41) is 2.67. The number of hydrogen-bond donors (Lipinski definition) is 1. The van der Waals surface area contributed by atoms with Gasteiger partial charge in [0.15, 0.2) is 0 Å². The summed E-state index contributed by atoms with van der Waals surface area (Å²) in [5.41, 5.74) is 0.303. The van der Waals surface area contributed by atoms with Crippen LogP contribution in [0.1, 0.15) is 10.4 Å². The molecule has 0 spiro atoms. The number of aromatic nitrogens is 1. The summed E-state index contributed by atoms with van der Waals surface area (Å²) in [4.78, 5) is 18.6. The fourth-order valence-electron chi connectivity index (χ4n) is 2.35. The van der Waals surface area contributed by atoms with E-state index in [4.69, 9.17) is 16.3 Å². The predicted molar refractivity (Wildman–Crippen MR) is 86.6 cm³/mol. The Bertz CT molecular complexity index is 683. The van der Waals surface area contributed by atoms with Gasteiger partial charge in [0.05, 0.1) is 35.7 Å². The summed E-state index contributed by atoms with van der Waals surface area (Å²) in [6.07, 6.45) is 1.54. The molecule has 2 heterocycles. The molecule has 1 saturated heterocycles. The molecule has 3 rings (SSSR count). The summed E-state index contributed by atoms with van der Waals surface area (Å²) in [7, 11) is 0. The van der Waals surface area contributed by atoms with Gasteiger partial charge in [0.1, 0.15) is 11.6 Å². The van der Waals surface area contributed by atoms with E-state index in [1.807, 2.05) is 6.07 Å². The minimum absolute atomic E-state index is 0.0698. The number of nitrogens with one attached hydrogen (secondary N) is 1. The summed E-state index contributed by atoms with van der Waals surface area (Å²) < 4.78 is 19.0. The standard InChI is InChI=1S/C16H15ClFN3O2/c17-12-2-1-3-13(18)15(12)16(22)20-11-4-5-14(19-10-11)21-6-8-23-9-7-21/h1-5,10H,6-9H2,(H,20,22). The zero-order valence-corrected chi connectivity index (χ0v) is 13.0. The lowest BCUT2D eigenvalue weighted by Crippen LogP contribution is -2.36. The second-order valence-electron chi connectivity index (χ2n) is 5.06. The van der Waals surface area contributed by atoms with E-state index in [9.17, 15) is 9.18 Å². The second kappa shape index (κ2) is 6.93. The van der Waals surface area contributed by atoms with E-state index in [-0.39, 0.29) is 10.6 Å². The van der Waals surface area contributed by atoms with E-state index in [1.54, 1.807) is 6.07 Å². The van der Waals surface area contributed by atoms with Crippen molar-refractivity contribution in [1.29, 1.82) is 0 Å². The number of nitrogens with zero attached hydrogens (tertiary/aromatic N) is 2. The number of morpholine rings is 1. The van der Waals surface area contributed by atoms with Crippen molar-refractivity contribution < 1.29 is 13.9 Å². The molecule has 0 bridgehead atoms. The van der Waals surface area contributed by atoms with Crippen LogP contribution in [0.15, 0.2) is 36.5 Å². The highest BCUT2D eigenvalue weighted by Crippen LogP contribution is 2.21. The number of carbonyl (C=O) groups is 1. The van der Waals surface area contributed by atoms with Crippen LogP contribution in [0.4, 0.5) is 15.9 Å². The minimum atomic E-state index is -0.659. The number of carbonyl (C=O) groups excluding carboxylic acids is 1. The Labute approximate surface area is 138 Å². The van der Waals surface area contributed by atoms with Crippen molar-refractivity contribution in [3.05, 3.63) is 52.9 Å². The van der Waals surface area contributed by atoms with Gasteiger partial charge in [-0.15, -0.1) is 0 Å². The number of ether oxygens (including phenoxy) is 1. The molecule has 120 valence electrons. The number of hydrogen-bond acceptors (Lipinski definition) is 4. The first kappa shape index (κ1) is 15.7. The molecule has 0 saturated carbocycles. The lowest BCUT2D eigenvalue weighted by molar-refractivity contribution is 0.102. The highest BCUT2D eigenvalue weighted by atomic mass is 35.5. The van der Waals surface area contributed by atoms with Gasteiger partial charge in [0.2, 0.25) is 0 Å². The number of amides is 1. The fourth-order valence-corrected chi connectivity index (χ4v) is 2.60. The van der Waals surface area contributed by atoms with Crippen LogP contribution in [-0.4, -0.2) is 37.2 Å². The lowest BCUT2D eigenvalue weighted by Gasteiger charge is -2.27. The molecular formula is C16H15ClFN3O2. The van der Waals surface area contributed by atoms with Gasteiger partial charge < -0.3 is 15.0 Å². The van der Waals surface area contributed by atoms with Crippen LogP contribution in [0.25, 0.3) is 0 Å². The third kappa shape index (κ3) is 3.60. The molecule has 0 unspecified atom stereocenters. The lowest BCUT2D eigenvalue weighted by atomic mass is 10.2. The average molecular weight is 336 g/mol. The van der Waals surface area contributed by atoms with Gasteiger partial charge in [-0.25, -0.2) is 9.37 Å². The molecule has 0 radical (unpaired) electrons. The first-order valence-corrected chi connectivity index (χ1v) is 7.57. The Morgan fingerprint density at radius 2 is 2.04 bits per heavy atom. The Balaban J connectivity index is 1.72. The quantitative estimate of drug-likeness (QED) is 0.937. The minimum Gasteiger partial charge on any atom is -0.378 e. The van der Waals surface area contributed by atoms with Crippen LogP contribution >= 0.6 is 11.6 Å². The van der Waals surface area contributed by atoms with Crippen LogP contribution in [0.2, 0.25) is 5.02 Å². The maximum absolute atomic E-state index is 13.7. The zero-order valence-electron chi connectivity index (χ0n) is 12.3. The highest BCUT2D eigenvalue weighted by Gasteiger charge is 2.16. The van der Waals surface area contributed by atoms with Gasteiger partial charge in [0, 0.05) is 13.1 Å². The first-order chi connectivity index (χ1) is 11.1. The molecule has 1 aliphatic rings. The molecule has 2 aromatic rings. The van der Waals surface area contributed by atoms with Gasteiger partial charge in [-0.1, -0.05) is 17.7 Å². The topological polar surface area (TPSA) is 54.5 Å². The van der Waals surface area contributed by atoms with Crippen LogP contribution in [0.3, 0.4) is 0 Å². The summed E-state index contributed by atoms with van der Waals surface area (Å²) in [6.45, 7) is 2.91. The summed E-state index contributed by atoms with van der Waals surface area (Å²) >= 11 is 5.88. The van der Waals surface area contributed by atoms with Crippen molar-refractivity contribution in [2.75, 3.05) is 36.5 Å². The molecule has 1 amide bonds. The van der Waals surface area contributed by atoms with E-state index < -0.39 is 11.7 Å². The molecule has 1 aliphatic heterocycles. The molecule has 23 heavy (non-hydrogen) atoms. The van der Waals surface area contributed by atoms with Crippen LogP contribution < -0.4 is 10.2 Å². The molecular weight excluding hydrogens is 321 g/mol. The number of rotatable bonds is 3. The molecule has 0 atom stereocenters. The van der Waals surface area contributed by atoms with Crippen molar-refractivity contribution in [3.63, 3.8) is 0 Å². The predicted octanol–water partition coefficient (Wildman–Crippen LogP) is 2.96. The average Bonchev–Trinajstić information content (AvgIpc) is 2.56. The monoisotopic (exact) mass is 335 g/mol. The van der Waals surface area contributed by atoms with Crippen molar-refractivity contribution in [1.82, 2.24) is 4.98 Å². The van der Waals surface area contributed by atoms with Crippen molar-refractivity contribution in [2.24, 2.45) is 0 Å². The Morgan fingerprint density at radius 3 is 2.70 bits per heavy atom. The Kier molecular flexibility index (Phi) is 4.73. The normalized spacial score (nSPS) is 14.6. The van der Waals surface area contributed by atoms with E-state index in [0.717, 1.165) is 18.9 Å². The molecule has 5 nitrogen and oxygen atoms in total. The van der Waals surface area contributed by atoms with Crippen LogP contribution in [0.5, 0.6) is 0 Å². The summed E-state index contributed by atoms with van der Waals surface area (Å²) in [5.74, 6) is -0.447. The van der Waals surface area contributed by atoms with Crippen molar-refractivity contribution in [2.45, 2.75) is 0 Å². The van der Waals surface area contributed by atoms with Gasteiger partial charge >= 0.3 is 0 Å². The largest absolute Gasteiger partial charge is 0.378 e. The molecule has 1 fully saturated rings. The number of pyridine rings is 1. The third-order valence-electron chi connectivity index (χ3n) is 3.53. The maximum atomic E-state index is 13.7. The number of benzene rings is 1. The van der Waals surface area contributed by atoms with Gasteiger partial charge in [-0.05, 0) is 24.3 Å². The molecule has 1 N–H and O–H groups in total. The molecule has 0 aliphatic carbocycles. The molecule has 1 aromatic carbocycles. The fraction of sp³-hybridized carbons (Fsp3) is 0.250. The highest BCUT2D eigenvalue weighted by molar-refractivity contribution is 6.34. The first-order valence-electron chi connectivity index (χ1n) is 7.19. The number of halogens is 2. The second-order valence-corrected chi connectivity index (χ2v) is 5.46. The molecule has 7 heteroatoms. The van der Waals surface area contributed by atoms with Gasteiger partial charge in [-0.3, -0.25) is 4.79 Å². The van der Waals surface area contributed by atoms with E-state index in [2.05, 4.69) is 15.2 Å². The maximum Gasteiger partial charge on any atom is 0.260 e. The SMILES string of the molecule is O=C(Nc1ccc(N2CCOCC2)nc1)c1c(F)cccc1Cl. The van der Waals surface area contributed by atoms with Crippen molar-refractivity contribution in [3.8, 4) is 0 Å². The smallest absolute Gasteiger partial charge is 0.260 e. The van der Waals surface area contributed by atoms with Crippen molar-refractivity contribution >= 4 is 29.0 Å². The van der Waals surface area contributed by atoms with E-state index in [0.29, 0.717) is 18.9 Å². The van der Waals surface area contributed by atoms with E-state index >= 15 is 0 Å². The third-order valence-corrected chi connectivity index (χ3v) is 3.85. The Hall–Kier alpha value is -2.18. The van der Waals surface area contributed by atoms with Crippen LogP contribution in [0, 0.1) is 5.82 Å². The van der Waals surface area contributed by atoms with E-state index in [1.165, 1.54) is 24.4 Å². The zero-order chi connectivity index (χ0) is 16.2. The van der Waals surface area contributed by atoms with Gasteiger partial charge in [0.25, 0.3) is 5.91 Å².